The van der Waals surface area contributed by atoms with Crippen molar-refractivity contribution in [2.24, 2.45) is 0 Å². The molecule has 6 nitrogen and oxygen atoms in total. The fourth-order valence-corrected chi connectivity index (χ4v) is 2.60. The fraction of sp³-hybridized carbons (Fsp3) is 0.0625. The second-order valence-electron chi connectivity index (χ2n) is 4.53. The minimum atomic E-state index is -0.311. The van der Waals surface area contributed by atoms with Gasteiger partial charge in [-0.25, -0.2) is 4.63 Å². The first-order valence-electron chi connectivity index (χ1n) is 6.76. The Balaban J connectivity index is 1.68. The quantitative estimate of drug-likeness (QED) is 0.726. The molecule has 0 bridgehead atoms. The molecule has 3 rings (SSSR count). The molecular formula is C16H13N3O3S. The van der Waals surface area contributed by atoms with E-state index in [9.17, 15) is 4.79 Å². The van der Waals surface area contributed by atoms with Gasteiger partial charge in [0.1, 0.15) is 5.75 Å². The topological polar surface area (TPSA) is 77.2 Å². The maximum absolute atomic E-state index is 12.0. The van der Waals surface area contributed by atoms with Gasteiger partial charge in [-0.1, -0.05) is 18.2 Å². The third-order valence-corrected chi connectivity index (χ3v) is 3.90. The summed E-state index contributed by atoms with van der Waals surface area (Å²) in [7, 11) is 1.61. The van der Waals surface area contributed by atoms with Crippen LogP contribution in [0.3, 0.4) is 0 Å². The van der Waals surface area contributed by atoms with Gasteiger partial charge in [0.15, 0.2) is 5.69 Å². The summed E-state index contributed by atoms with van der Waals surface area (Å²) in [6, 6.07) is 11.1. The molecule has 0 aliphatic heterocycles. The molecule has 0 saturated carbocycles. The first-order valence-corrected chi connectivity index (χ1v) is 7.64. The van der Waals surface area contributed by atoms with E-state index in [2.05, 4.69) is 15.6 Å². The maximum Gasteiger partial charge on any atom is 0.249 e. The Hall–Kier alpha value is -2.93. The highest BCUT2D eigenvalue weighted by Gasteiger charge is 2.14. The lowest BCUT2D eigenvalue weighted by Crippen LogP contribution is -2.08. The van der Waals surface area contributed by atoms with Crippen LogP contribution in [-0.2, 0) is 4.79 Å². The zero-order valence-corrected chi connectivity index (χ0v) is 13.0. The molecule has 116 valence electrons. The van der Waals surface area contributed by atoms with E-state index in [-0.39, 0.29) is 5.91 Å². The Morgan fingerprint density at radius 2 is 2.09 bits per heavy atom. The van der Waals surface area contributed by atoms with Crippen molar-refractivity contribution in [3.8, 4) is 16.3 Å². The molecule has 0 aliphatic carbocycles. The normalized spacial score (nSPS) is 10.8. The highest BCUT2D eigenvalue weighted by Crippen LogP contribution is 2.28. The number of ether oxygens (including phenoxy) is 1. The summed E-state index contributed by atoms with van der Waals surface area (Å²) in [5.41, 5.74) is 1.41. The van der Waals surface area contributed by atoms with Crippen LogP contribution in [-0.4, -0.2) is 23.3 Å². The van der Waals surface area contributed by atoms with Crippen molar-refractivity contribution in [1.82, 2.24) is 10.3 Å². The van der Waals surface area contributed by atoms with E-state index in [1.165, 1.54) is 17.4 Å². The van der Waals surface area contributed by atoms with Crippen LogP contribution in [0.15, 0.2) is 52.5 Å². The minimum absolute atomic E-state index is 0.303. The number of benzene rings is 1. The molecular weight excluding hydrogens is 314 g/mol. The average Bonchev–Trinajstić information content (AvgIpc) is 3.24. The Morgan fingerprint density at radius 3 is 2.78 bits per heavy atom. The van der Waals surface area contributed by atoms with Gasteiger partial charge in [-0.2, -0.15) is 0 Å². The molecule has 1 N–H and O–H groups in total. The number of rotatable bonds is 5. The first kappa shape index (κ1) is 15.0. The van der Waals surface area contributed by atoms with Gasteiger partial charge in [0.25, 0.3) is 0 Å². The molecule has 0 atom stereocenters. The van der Waals surface area contributed by atoms with Gasteiger partial charge in [0.2, 0.25) is 11.7 Å². The van der Waals surface area contributed by atoms with Crippen LogP contribution in [0.25, 0.3) is 16.6 Å². The number of aromatic nitrogens is 2. The SMILES string of the molecule is COc1ccc(/C=C/C(=O)Nc2nonc2-c2cccs2)cc1. The summed E-state index contributed by atoms with van der Waals surface area (Å²) in [6.45, 7) is 0. The number of nitrogens with one attached hydrogen (secondary N) is 1. The van der Waals surface area contributed by atoms with Crippen molar-refractivity contribution in [2.45, 2.75) is 0 Å². The third-order valence-electron chi connectivity index (χ3n) is 3.03. The molecule has 0 aliphatic rings. The molecule has 0 radical (unpaired) electrons. The zero-order valence-electron chi connectivity index (χ0n) is 12.2. The number of carbonyl (C=O) groups excluding carboxylic acids is 1. The second-order valence-corrected chi connectivity index (χ2v) is 5.48. The number of hydrogen-bond donors (Lipinski definition) is 1. The zero-order chi connectivity index (χ0) is 16.1. The summed E-state index contributed by atoms with van der Waals surface area (Å²) in [6.07, 6.45) is 3.13. The average molecular weight is 327 g/mol. The Bertz CT molecular complexity index is 807. The molecule has 7 heteroatoms. The largest absolute Gasteiger partial charge is 0.497 e. The second kappa shape index (κ2) is 6.89. The van der Waals surface area contributed by atoms with Crippen molar-refractivity contribution in [2.75, 3.05) is 12.4 Å². The van der Waals surface area contributed by atoms with Gasteiger partial charge in [-0.05, 0) is 45.5 Å². The van der Waals surface area contributed by atoms with E-state index < -0.39 is 0 Å². The molecule has 1 amide bonds. The van der Waals surface area contributed by atoms with Gasteiger partial charge in [0, 0.05) is 6.08 Å². The Morgan fingerprint density at radius 1 is 1.26 bits per heavy atom. The van der Waals surface area contributed by atoms with E-state index in [0.717, 1.165) is 16.2 Å². The minimum Gasteiger partial charge on any atom is -0.497 e. The van der Waals surface area contributed by atoms with E-state index in [1.807, 2.05) is 41.8 Å². The van der Waals surface area contributed by atoms with Gasteiger partial charge in [0.05, 0.1) is 12.0 Å². The lowest BCUT2D eigenvalue weighted by atomic mass is 10.2. The smallest absolute Gasteiger partial charge is 0.249 e. The predicted octanol–water partition coefficient (Wildman–Crippen LogP) is 3.46. The highest BCUT2D eigenvalue weighted by atomic mass is 32.1. The molecule has 2 aromatic heterocycles. The van der Waals surface area contributed by atoms with Crippen LogP contribution in [0, 0.1) is 0 Å². The van der Waals surface area contributed by atoms with E-state index in [4.69, 9.17) is 9.37 Å². The van der Waals surface area contributed by atoms with Gasteiger partial charge < -0.3 is 10.1 Å². The number of thiophene rings is 1. The first-order chi connectivity index (χ1) is 11.3. The number of anilines is 1. The molecule has 0 saturated heterocycles. The van der Waals surface area contributed by atoms with Gasteiger partial charge in [-0.15, -0.1) is 11.3 Å². The number of carbonyl (C=O) groups is 1. The maximum atomic E-state index is 12.0. The van der Waals surface area contributed by atoms with E-state index in [0.29, 0.717) is 11.5 Å². The molecule has 2 heterocycles. The monoisotopic (exact) mass is 327 g/mol. The fourth-order valence-electron chi connectivity index (χ4n) is 1.89. The van der Waals surface area contributed by atoms with Crippen molar-refractivity contribution in [3.63, 3.8) is 0 Å². The lowest BCUT2D eigenvalue weighted by molar-refractivity contribution is -0.111. The number of nitrogens with zero attached hydrogens (tertiary/aromatic N) is 2. The lowest BCUT2D eigenvalue weighted by Gasteiger charge is -2.00. The summed E-state index contributed by atoms with van der Waals surface area (Å²) >= 11 is 1.49. The van der Waals surface area contributed by atoms with Crippen molar-refractivity contribution >= 4 is 29.1 Å². The van der Waals surface area contributed by atoms with Crippen LogP contribution in [0.2, 0.25) is 0 Å². The summed E-state index contributed by atoms with van der Waals surface area (Å²) < 4.78 is 9.80. The van der Waals surface area contributed by atoms with E-state index >= 15 is 0 Å². The number of methoxy groups -OCH3 is 1. The number of hydrogen-bond acceptors (Lipinski definition) is 6. The van der Waals surface area contributed by atoms with Gasteiger partial charge in [-0.3, -0.25) is 4.79 Å². The molecule has 0 spiro atoms. The van der Waals surface area contributed by atoms with Gasteiger partial charge >= 0.3 is 0 Å². The molecule has 3 aromatic rings. The summed E-state index contributed by atoms with van der Waals surface area (Å²) in [5.74, 6) is 0.756. The highest BCUT2D eigenvalue weighted by molar-refractivity contribution is 7.13. The van der Waals surface area contributed by atoms with Crippen molar-refractivity contribution in [1.29, 1.82) is 0 Å². The van der Waals surface area contributed by atoms with Crippen molar-refractivity contribution in [3.05, 3.63) is 53.4 Å². The van der Waals surface area contributed by atoms with Crippen LogP contribution in [0.4, 0.5) is 5.82 Å². The molecule has 23 heavy (non-hydrogen) atoms. The van der Waals surface area contributed by atoms with E-state index in [1.54, 1.807) is 13.2 Å². The molecule has 0 unspecified atom stereocenters. The predicted molar refractivity (Wildman–Crippen MR) is 88.3 cm³/mol. The Kier molecular flexibility index (Phi) is 4.49. The van der Waals surface area contributed by atoms with Crippen LogP contribution in [0.1, 0.15) is 5.56 Å². The summed E-state index contributed by atoms with van der Waals surface area (Å²) in [4.78, 5) is 12.9. The Labute approximate surface area is 136 Å². The third kappa shape index (κ3) is 3.64. The van der Waals surface area contributed by atoms with Crippen LogP contribution in [0.5, 0.6) is 5.75 Å². The van der Waals surface area contributed by atoms with Crippen LogP contribution < -0.4 is 10.1 Å². The van der Waals surface area contributed by atoms with Crippen molar-refractivity contribution < 1.29 is 14.2 Å². The van der Waals surface area contributed by atoms with Crippen LogP contribution >= 0.6 is 11.3 Å². The number of amides is 1. The molecule has 0 fully saturated rings. The standard InChI is InChI=1S/C16H13N3O3S/c1-21-12-7-4-11(5-8-12)6-9-14(20)17-16-15(18-22-19-16)13-3-2-10-23-13/h2-10H,1H3,(H,17,19,20)/b9-6+. The summed E-state index contributed by atoms with van der Waals surface area (Å²) in [5, 5.41) is 12.1. The molecule has 1 aromatic carbocycles.